The van der Waals surface area contributed by atoms with Crippen molar-refractivity contribution in [3.05, 3.63) is 0 Å². The number of likely N-dealkylation sites (tertiary alicyclic amines) is 1. The molecule has 6 nitrogen and oxygen atoms in total. The predicted octanol–water partition coefficient (Wildman–Crippen LogP) is 0.979. The van der Waals surface area contributed by atoms with Gasteiger partial charge in [0.05, 0.1) is 6.61 Å². The summed E-state index contributed by atoms with van der Waals surface area (Å²) >= 11 is 0. The average molecular weight is 310 g/mol. The molecule has 1 spiro atoms. The number of amides is 1. The summed E-state index contributed by atoms with van der Waals surface area (Å²) in [7, 11) is 0. The van der Waals surface area contributed by atoms with E-state index in [1.165, 1.54) is 0 Å². The zero-order valence-corrected chi connectivity index (χ0v) is 14.4. The Labute approximate surface area is 133 Å². The van der Waals surface area contributed by atoms with Gasteiger partial charge in [0.2, 0.25) is 5.91 Å². The van der Waals surface area contributed by atoms with Crippen molar-refractivity contribution < 1.29 is 9.53 Å². The van der Waals surface area contributed by atoms with Gasteiger partial charge in [0.1, 0.15) is 6.54 Å². The minimum atomic E-state index is -0.218. The highest BCUT2D eigenvalue weighted by Crippen LogP contribution is 2.38. The lowest BCUT2D eigenvalue weighted by Crippen LogP contribution is -2.44. The van der Waals surface area contributed by atoms with Gasteiger partial charge in [-0.2, -0.15) is 0 Å². The number of aliphatic imine (C=N–C) groups is 1. The van der Waals surface area contributed by atoms with Crippen molar-refractivity contribution in [3.8, 4) is 0 Å². The summed E-state index contributed by atoms with van der Waals surface area (Å²) in [5, 5.41) is 6.25. The monoisotopic (exact) mass is 310 g/mol. The van der Waals surface area contributed by atoms with Crippen molar-refractivity contribution in [2.45, 2.75) is 46.1 Å². The number of hydrogen-bond donors (Lipinski definition) is 2. The molecule has 0 aliphatic carbocycles. The number of rotatable bonds is 3. The van der Waals surface area contributed by atoms with Gasteiger partial charge >= 0.3 is 0 Å². The minimum absolute atomic E-state index is 0.0407. The fraction of sp³-hybridized carbons (Fsp3) is 0.875. The molecule has 126 valence electrons. The highest BCUT2D eigenvalue weighted by molar-refractivity contribution is 5.85. The summed E-state index contributed by atoms with van der Waals surface area (Å²) in [6, 6.07) is 0. The Balaban J connectivity index is 1.94. The zero-order valence-electron chi connectivity index (χ0n) is 14.4. The third-order valence-electron chi connectivity index (χ3n) is 4.14. The van der Waals surface area contributed by atoms with Gasteiger partial charge in [0.25, 0.3) is 0 Å². The van der Waals surface area contributed by atoms with Crippen molar-refractivity contribution in [1.82, 2.24) is 15.5 Å². The number of ether oxygens (including phenoxy) is 1. The van der Waals surface area contributed by atoms with Crippen molar-refractivity contribution in [2.75, 3.05) is 39.4 Å². The molecule has 2 aliphatic rings. The van der Waals surface area contributed by atoms with E-state index in [1.807, 2.05) is 20.8 Å². The zero-order chi connectivity index (χ0) is 16.2. The van der Waals surface area contributed by atoms with Gasteiger partial charge in [-0.15, -0.1) is 0 Å². The smallest absolute Gasteiger partial charge is 0.242 e. The number of nitrogens with zero attached hydrogens (tertiary/aromatic N) is 2. The number of hydrogen-bond acceptors (Lipinski definition) is 3. The molecule has 2 heterocycles. The summed E-state index contributed by atoms with van der Waals surface area (Å²) in [6.07, 6.45) is 2.28. The molecule has 0 saturated carbocycles. The molecule has 0 bridgehead atoms. The molecule has 2 saturated heterocycles. The molecule has 0 aromatic rings. The second-order valence-corrected chi connectivity index (χ2v) is 7.44. The van der Waals surface area contributed by atoms with Crippen molar-refractivity contribution in [3.63, 3.8) is 0 Å². The Morgan fingerprint density at radius 2 is 2.14 bits per heavy atom. The molecule has 2 fully saturated rings. The van der Waals surface area contributed by atoms with E-state index in [0.717, 1.165) is 51.6 Å². The molecule has 2 aliphatic heterocycles. The van der Waals surface area contributed by atoms with Crippen molar-refractivity contribution >= 4 is 11.9 Å². The first-order valence-electron chi connectivity index (χ1n) is 8.26. The second kappa shape index (κ2) is 6.86. The molecular weight excluding hydrogens is 280 g/mol. The largest absolute Gasteiger partial charge is 0.381 e. The van der Waals surface area contributed by atoms with Gasteiger partial charge in [-0.3, -0.25) is 4.79 Å². The van der Waals surface area contributed by atoms with Gasteiger partial charge in [0.15, 0.2) is 5.96 Å². The number of carbonyl (C=O) groups excluding carboxylic acids is 1. The molecule has 1 amide bonds. The van der Waals surface area contributed by atoms with E-state index in [1.54, 1.807) is 0 Å². The van der Waals surface area contributed by atoms with Crippen LogP contribution in [-0.2, 0) is 9.53 Å². The molecule has 6 heteroatoms. The fourth-order valence-electron chi connectivity index (χ4n) is 3.12. The average Bonchev–Trinajstić information content (AvgIpc) is 3.03. The fourth-order valence-corrected chi connectivity index (χ4v) is 3.12. The second-order valence-electron chi connectivity index (χ2n) is 7.44. The van der Waals surface area contributed by atoms with Gasteiger partial charge in [0, 0.05) is 37.2 Å². The van der Waals surface area contributed by atoms with Crippen LogP contribution in [0, 0.1) is 5.41 Å². The number of nitrogens with one attached hydrogen (secondary N) is 2. The van der Waals surface area contributed by atoms with Crippen LogP contribution in [0.1, 0.15) is 40.5 Å². The van der Waals surface area contributed by atoms with Crippen LogP contribution in [0.15, 0.2) is 4.99 Å². The third-order valence-corrected chi connectivity index (χ3v) is 4.14. The normalized spacial score (nSPS) is 25.8. The lowest BCUT2D eigenvalue weighted by molar-refractivity contribution is -0.121. The van der Waals surface area contributed by atoms with E-state index < -0.39 is 0 Å². The Hall–Kier alpha value is -1.30. The minimum Gasteiger partial charge on any atom is -0.381 e. The summed E-state index contributed by atoms with van der Waals surface area (Å²) in [5.74, 6) is 0.802. The lowest BCUT2D eigenvalue weighted by Gasteiger charge is -2.25. The van der Waals surface area contributed by atoms with E-state index in [0.29, 0.717) is 5.41 Å². The molecule has 0 aromatic carbocycles. The van der Waals surface area contributed by atoms with Crippen molar-refractivity contribution in [2.24, 2.45) is 10.4 Å². The molecular formula is C16H30N4O2. The Bertz CT molecular complexity index is 422. The van der Waals surface area contributed by atoms with Crippen LogP contribution >= 0.6 is 0 Å². The van der Waals surface area contributed by atoms with Crippen LogP contribution in [-0.4, -0.2) is 61.7 Å². The van der Waals surface area contributed by atoms with E-state index in [9.17, 15) is 4.79 Å². The first-order valence-corrected chi connectivity index (χ1v) is 8.26. The van der Waals surface area contributed by atoms with Crippen molar-refractivity contribution in [1.29, 1.82) is 0 Å². The van der Waals surface area contributed by atoms with E-state index in [-0.39, 0.29) is 18.0 Å². The predicted molar refractivity (Wildman–Crippen MR) is 87.9 cm³/mol. The third kappa shape index (κ3) is 4.60. The van der Waals surface area contributed by atoms with Crippen LogP contribution in [0.3, 0.4) is 0 Å². The summed E-state index contributed by atoms with van der Waals surface area (Å²) in [4.78, 5) is 18.7. The first kappa shape index (κ1) is 17.1. The first-order chi connectivity index (χ1) is 10.3. The maximum absolute atomic E-state index is 11.9. The van der Waals surface area contributed by atoms with Gasteiger partial charge in [-0.05, 0) is 40.5 Å². The number of guanidine groups is 1. The van der Waals surface area contributed by atoms with Crippen LogP contribution in [0.2, 0.25) is 0 Å². The topological polar surface area (TPSA) is 66.0 Å². The Morgan fingerprint density at radius 3 is 2.73 bits per heavy atom. The van der Waals surface area contributed by atoms with Gasteiger partial charge in [-0.25, -0.2) is 4.99 Å². The highest BCUT2D eigenvalue weighted by atomic mass is 16.5. The summed E-state index contributed by atoms with van der Waals surface area (Å²) < 4.78 is 5.57. The van der Waals surface area contributed by atoms with Crippen LogP contribution < -0.4 is 10.6 Å². The molecule has 1 atom stereocenters. The van der Waals surface area contributed by atoms with Crippen LogP contribution in [0.25, 0.3) is 0 Å². The van der Waals surface area contributed by atoms with Crippen LogP contribution in [0.4, 0.5) is 0 Å². The summed E-state index contributed by atoms with van der Waals surface area (Å²) in [5.41, 5.74) is 0.0771. The highest BCUT2D eigenvalue weighted by Gasteiger charge is 2.42. The molecule has 2 rings (SSSR count). The Kier molecular flexibility index (Phi) is 5.32. The molecule has 2 N–H and O–H groups in total. The van der Waals surface area contributed by atoms with Gasteiger partial charge in [-0.1, -0.05) is 0 Å². The van der Waals surface area contributed by atoms with Gasteiger partial charge < -0.3 is 20.3 Å². The molecule has 0 radical (unpaired) electrons. The number of carbonyl (C=O) groups is 1. The maximum Gasteiger partial charge on any atom is 0.242 e. The quantitative estimate of drug-likeness (QED) is 0.602. The van der Waals surface area contributed by atoms with E-state index in [2.05, 4.69) is 27.4 Å². The standard InChI is InChI=1S/C16H30N4O2/c1-5-17-14(18-10-13(21)19-15(2,3)4)20-8-6-16(11-20)7-9-22-12-16/h5-12H2,1-4H3,(H,17,18)(H,19,21). The van der Waals surface area contributed by atoms with Crippen LogP contribution in [0.5, 0.6) is 0 Å². The Morgan fingerprint density at radius 1 is 1.36 bits per heavy atom. The molecule has 0 aromatic heterocycles. The lowest BCUT2D eigenvalue weighted by atomic mass is 9.87. The summed E-state index contributed by atoms with van der Waals surface area (Å²) in [6.45, 7) is 12.6. The molecule has 1 unspecified atom stereocenters. The SMILES string of the molecule is CCNC(=NCC(=O)NC(C)(C)C)N1CCC2(CCOC2)C1. The van der Waals surface area contributed by atoms with E-state index >= 15 is 0 Å². The maximum atomic E-state index is 11.9. The van der Waals surface area contributed by atoms with E-state index in [4.69, 9.17) is 4.74 Å². The molecule has 22 heavy (non-hydrogen) atoms.